The number of nitrogens with zero attached hydrogens (tertiary/aromatic N) is 2. The number of benzene rings is 1. The van der Waals surface area contributed by atoms with E-state index < -0.39 is 5.82 Å². The first-order valence-corrected chi connectivity index (χ1v) is 5.10. The van der Waals surface area contributed by atoms with Gasteiger partial charge in [0.25, 0.3) is 0 Å². The van der Waals surface area contributed by atoms with Crippen LogP contribution in [0.3, 0.4) is 0 Å². The summed E-state index contributed by atoms with van der Waals surface area (Å²) in [5.41, 5.74) is 6.53. The second-order valence-corrected chi connectivity index (χ2v) is 3.74. The van der Waals surface area contributed by atoms with E-state index in [2.05, 4.69) is 9.97 Å². The number of nitrogens with two attached hydrogens (primary N) is 1. The molecule has 0 aliphatic rings. The van der Waals surface area contributed by atoms with E-state index >= 15 is 0 Å². The second-order valence-electron chi connectivity index (χ2n) is 3.30. The van der Waals surface area contributed by atoms with E-state index in [-0.39, 0.29) is 10.8 Å². The fourth-order valence-electron chi connectivity index (χ4n) is 1.48. The van der Waals surface area contributed by atoms with Crippen molar-refractivity contribution in [3.8, 4) is 17.0 Å². The molecule has 1 aromatic heterocycles. The van der Waals surface area contributed by atoms with Gasteiger partial charge in [-0.25, -0.2) is 14.4 Å². The molecular formula is C11H9ClFN3O. The zero-order chi connectivity index (χ0) is 12.4. The van der Waals surface area contributed by atoms with Crippen molar-refractivity contribution >= 4 is 17.4 Å². The summed E-state index contributed by atoms with van der Waals surface area (Å²) >= 11 is 5.78. The largest absolute Gasteiger partial charge is 0.491 e. The number of hydrogen-bond donors (Lipinski definition) is 1. The van der Waals surface area contributed by atoms with Crippen LogP contribution in [0.25, 0.3) is 11.3 Å². The summed E-state index contributed by atoms with van der Waals surface area (Å²) in [7, 11) is 1.44. The van der Waals surface area contributed by atoms with Crippen LogP contribution in [0.15, 0.2) is 24.5 Å². The lowest BCUT2D eigenvalue weighted by atomic mass is 10.1. The van der Waals surface area contributed by atoms with E-state index in [1.165, 1.54) is 25.6 Å². The van der Waals surface area contributed by atoms with Gasteiger partial charge in [-0.1, -0.05) is 11.6 Å². The standard InChI is InChI=1S/C11H9ClFN3O/c1-17-10-9(15-5-16-11(10)14)6-2-7(12)4-8(13)3-6/h2-5H,1H3,(H2,14,15,16). The molecule has 1 heterocycles. The smallest absolute Gasteiger partial charge is 0.187 e. The van der Waals surface area contributed by atoms with Gasteiger partial charge in [-0.3, -0.25) is 0 Å². The first-order valence-electron chi connectivity index (χ1n) is 4.72. The Morgan fingerprint density at radius 2 is 2.06 bits per heavy atom. The molecule has 0 radical (unpaired) electrons. The third-order valence-corrected chi connectivity index (χ3v) is 2.39. The lowest BCUT2D eigenvalue weighted by Gasteiger charge is -2.09. The summed E-state index contributed by atoms with van der Waals surface area (Å²) in [4.78, 5) is 7.82. The third kappa shape index (κ3) is 2.29. The molecule has 0 unspecified atom stereocenters. The van der Waals surface area contributed by atoms with Crippen LogP contribution in [0.4, 0.5) is 10.2 Å². The van der Waals surface area contributed by atoms with Gasteiger partial charge in [0.05, 0.1) is 7.11 Å². The Morgan fingerprint density at radius 1 is 1.29 bits per heavy atom. The van der Waals surface area contributed by atoms with E-state index in [0.717, 1.165) is 0 Å². The molecule has 6 heteroatoms. The average Bonchev–Trinajstić information content (AvgIpc) is 2.27. The van der Waals surface area contributed by atoms with Crippen molar-refractivity contribution in [2.24, 2.45) is 0 Å². The molecule has 2 rings (SSSR count). The van der Waals surface area contributed by atoms with E-state index in [4.69, 9.17) is 22.1 Å². The minimum atomic E-state index is -0.452. The molecule has 4 nitrogen and oxygen atoms in total. The fraction of sp³-hybridized carbons (Fsp3) is 0.0909. The Kier molecular flexibility index (Phi) is 3.10. The maximum atomic E-state index is 13.2. The molecule has 0 amide bonds. The van der Waals surface area contributed by atoms with Gasteiger partial charge >= 0.3 is 0 Å². The van der Waals surface area contributed by atoms with E-state index in [9.17, 15) is 4.39 Å². The summed E-state index contributed by atoms with van der Waals surface area (Å²) in [5.74, 6) is 0.0405. The molecule has 0 saturated carbocycles. The molecule has 1 aromatic carbocycles. The highest BCUT2D eigenvalue weighted by molar-refractivity contribution is 6.30. The molecule has 0 atom stereocenters. The van der Waals surface area contributed by atoms with Crippen LogP contribution in [-0.4, -0.2) is 17.1 Å². The number of ether oxygens (including phenoxy) is 1. The van der Waals surface area contributed by atoms with Gasteiger partial charge in [-0.2, -0.15) is 0 Å². The molecule has 0 fully saturated rings. The molecule has 2 N–H and O–H groups in total. The van der Waals surface area contributed by atoms with Crippen molar-refractivity contribution in [2.75, 3.05) is 12.8 Å². The summed E-state index contributed by atoms with van der Waals surface area (Å²) in [6.45, 7) is 0. The number of nitrogen functional groups attached to an aromatic ring is 1. The van der Waals surface area contributed by atoms with E-state index in [1.54, 1.807) is 6.07 Å². The van der Waals surface area contributed by atoms with Crippen LogP contribution in [0.5, 0.6) is 5.75 Å². The number of rotatable bonds is 2. The van der Waals surface area contributed by atoms with Gasteiger partial charge in [0.1, 0.15) is 17.8 Å². The Bertz CT molecular complexity index is 542. The number of methoxy groups -OCH3 is 1. The van der Waals surface area contributed by atoms with Crippen molar-refractivity contribution < 1.29 is 9.13 Å². The predicted molar refractivity (Wildman–Crippen MR) is 63.4 cm³/mol. The van der Waals surface area contributed by atoms with Gasteiger partial charge in [-0.15, -0.1) is 0 Å². The maximum absolute atomic E-state index is 13.2. The van der Waals surface area contributed by atoms with E-state index in [0.29, 0.717) is 17.0 Å². The lowest BCUT2D eigenvalue weighted by Crippen LogP contribution is -2.00. The molecule has 0 saturated heterocycles. The Morgan fingerprint density at radius 3 is 2.71 bits per heavy atom. The first-order chi connectivity index (χ1) is 8.11. The van der Waals surface area contributed by atoms with Gasteiger partial charge in [0.2, 0.25) is 0 Å². The van der Waals surface area contributed by atoms with Crippen LogP contribution >= 0.6 is 11.6 Å². The maximum Gasteiger partial charge on any atom is 0.187 e. The number of aromatic nitrogens is 2. The van der Waals surface area contributed by atoms with Crippen molar-refractivity contribution in [3.05, 3.63) is 35.4 Å². The Hall–Kier alpha value is -1.88. The highest BCUT2D eigenvalue weighted by atomic mass is 35.5. The molecule has 0 bridgehead atoms. The summed E-state index contributed by atoms with van der Waals surface area (Å²) in [6, 6.07) is 4.09. The molecule has 88 valence electrons. The van der Waals surface area contributed by atoms with Gasteiger partial charge in [0, 0.05) is 10.6 Å². The molecular weight excluding hydrogens is 245 g/mol. The third-order valence-electron chi connectivity index (χ3n) is 2.17. The minimum Gasteiger partial charge on any atom is -0.491 e. The van der Waals surface area contributed by atoms with Crippen molar-refractivity contribution in [1.82, 2.24) is 9.97 Å². The van der Waals surface area contributed by atoms with Crippen molar-refractivity contribution in [1.29, 1.82) is 0 Å². The number of halogens is 2. The van der Waals surface area contributed by atoms with E-state index in [1.807, 2.05) is 0 Å². The lowest BCUT2D eigenvalue weighted by molar-refractivity contribution is 0.415. The minimum absolute atomic E-state index is 0.192. The Labute approximate surface area is 102 Å². The topological polar surface area (TPSA) is 61.0 Å². The first kappa shape index (κ1) is 11.6. The fourth-order valence-corrected chi connectivity index (χ4v) is 1.71. The highest BCUT2D eigenvalue weighted by Crippen LogP contribution is 2.32. The quantitative estimate of drug-likeness (QED) is 0.893. The SMILES string of the molecule is COc1c(N)ncnc1-c1cc(F)cc(Cl)c1. The monoisotopic (exact) mass is 253 g/mol. The molecule has 0 spiro atoms. The second kappa shape index (κ2) is 4.55. The molecule has 2 aromatic rings. The summed E-state index contributed by atoms with van der Waals surface area (Å²) in [5, 5.41) is 0.277. The zero-order valence-corrected chi connectivity index (χ0v) is 9.70. The average molecular weight is 254 g/mol. The summed E-state index contributed by atoms with van der Waals surface area (Å²) in [6.07, 6.45) is 1.28. The normalized spacial score (nSPS) is 10.3. The van der Waals surface area contributed by atoms with Crippen LogP contribution < -0.4 is 10.5 Å². The van der Waals surface area contributed by atoms with Crippen LogP contribution in [0, 0.1) is 5.82 Å². The van der Waals surface area contributed by atoms with Gasteiger partial charge < -0.3 is 10.5 Å². The molecule has 17 heavy (non-hydrogen) atoms. The van der Waals surface area contributed by atoms with Crippen molar-refractivity contribution in [3.63, 3.8) is 0 Å². The van der Waals surface area contributed by atoms with Crippen LogP contribution in [0.2, 0.25) is 5.02 Å². The highest BCUT2D eigenvalue weighted by Gasteiger charge is 2.13. The predicted octanol–water partition coefficient (Wildman–Crippen LogP) is 2.53. The zero-order valence-electron chi connectivity index (χ0n) is 8.95. The number of hydrogen-bond acceptors (Lipinski definition) is 4. The molecule has 0 aliphatic heterocycles. The summed E-state index contributed by atoms with van der Waals surface area (Å²) < 4.78 is 18.3. The van der Waals surface area contributed by atoms with Crippen LogP contribution in [0.1, 0.15) is 0 Å². The van der Waals surface area contributed by atoms with Gasteiger partial charge in [0.15, 0.2) is 11.6 Å². The van der Waals surface area contributed by atoms with Crippen LogP contribution in [-0.2, 0) is 0 Å². The van der Waals surface area contributed by atoms with Gasteiger partial charge in [-0.05, 0) is 18.2 Å². The molecule has 0 aliphatic carbocycles. The Balaban J connectivity index is 2.63. The number of anilines is 1. The van der Waals surface area contributed by atoms with Crippen molar-refractivity contribution in [2.45, 2.75) is 0 Å².